The van der Waals surface area contributed by atoms with Crippen LogP contribution in [0.25, 0.3) is 0 Å². The number of hydrogen-bond acceptors (Lipinski definition) is 9. The number of nitrogens with zero attached hydrogens (tertiary/aromatic N) is 3. The summed E-state index contributed by atoms with van der Waals surface area (Å²) in [4.78, 5) is 42.0. The van der Waals surface area contributed by atoms with Gasteiger partial charge in [0.25, 0.3) is 11.6 Å². The molecule has 2 heterocycles. The molecule has 2 aromatic rings. The van der Waals surface area contributed by atoms with Gasteiger partial charge in [-0.25, -0.2) is 9.78 Å². The van der Waals surface area contributed by atoms with E-state index in [1.54, 1.807) is 4.90 Å². The lowest BCUT2D eigenvalue weighted by molar-refractivity contribution is -0.387. The van der Waals surface area contributed by atoms with Crippen LogP contribution in [0.15, 0.2) is 32.8 Å². The smallest absolute Gasteiger partial charge is 0.339 e. The van der Waals surface area contributed by atoms with E-state index in [4.69, 9.17) is 9.47 Å². The van der Waals surface area contributed by atoms with E-state index in [0.29, 0.717) is 35.5 Å². The molecule has 0 N–H and O–H groups in total. The number of hydrogen-bond donors (Lipinski definition) is 0. The Hall–Kier alpha value is -2.50. The van der Waals surface area contributed by atoms with Crippen LogP contribution in [0.2, 0.25) is 0 Å². The van der Waals surface area contributed by atoms with Gasteiger partial charge in [0.15, 0.2) is 10.4 Å². The minimum atomic E-state index is -0.994. The van der Waals surface area contributed by atoms with E-state index in [9.17, 15) is 19.7 Å². The Bertz CT molecular complexity index is 926. The van der Waals surface area contributed by atoms with Crippen LogP contribution in [-0.2, 0) is 14.3 Å². The molecular weight excluding hydrogens is 418 g/mol. The average Bonchev–Trinajstić information content (AvgIpc) is 3.12. The number of aromatic nitrogens is 1. The summed E-state index contributed by atoms with van der Waals surface area (Å²) in [5.74, 6) is -1.11. The Kier molecular flexibility index (Phi) is 6.83. The first-order chi connectivity index (χ1) is 13.8. The molecule has 0 aliphatic carbocycles. The van der Waals surface area contributed by atoms with Crippen molar-refractivity contribution in [3.8, 4) is 0 Å². The fraction of sp³-hybridized carbons (Fsp3) is 0.389. The number of benzene rings is 1. The highest BCUT2D eigenvalue weighted by Gasteiger charge is 2.27. The molecule has 0 saturated carbocycles. The van der Waals surface area contributed by atoms with Crippen LogP contribution in [0.3, 0.4) is 0 Å². The lowest BCUT2D eigenvalue weighted by Crippen LogP contribution is -2.46. The highest BCUT2D eigenvalue weighted by Crippen LogP contribution is 2.36. The minimum Gasteiger partial charge on any atom is -0.449 e. The van der Waals surface area contributed by atoms with Crippen LogP contribution in [0.5, 0.6) is 0 Å². The van der Waals surface area contributed by atoms with Gasteiger partial charge in [0.05, 0.1) is 28.6 Å². The Labute approximate surface area is 175 Å². The van der Waals surface area contributed by atoms with E-state index in [0.717, 1.165) is 23.5 Å². The van der Waals surface area contributed by atoms with Crippen molar-refractivity contribution in [1.82, 2.24) is 9.88 Å². The van der Waals surface area contributed by atoms with Crippen LogP contribution < -0.4 is 0 Å². The van der Waals surface area contributed by atoms with Gasteiger partial charge in [-0.1, -0.05) is 11.8 Å². The summed E-state index contributed by atoms with van der Waals surface area (Å²) < 4.78 is 11.1. The number of aryl methyl sites for hydroxylation is 1. The lowest BCUT2D eigenvalue weighted by atomic mass is 10.2. The zero-order chi connectivity index (χ0) is 21.0. The van der Waals surface area contributed by atoms with Crippen LogP contribution in [-0.4, -0.2) is 59.1 Å². The van der Waals surface area contributed by atoms with Crippen LogP contribution in [0, 0.1) is 17.0 Å². The van der Waals surface area contributed by atoms with E-state index in [2.05, 4.69) is 4.98 Å². The summed E-state index contributed by atoms with van der Waals surface area (Å²) in [5.41, 5.74) is 0.627. The van der Waals surface area contributed by atoms with E-state index in [1.165, 1.54) is 30.4 Å². The molecule has 1 atom stereocenters. The molecule has 0 spiro atoms. The molecule has 1 amide bonds. The summed E-state index contributed by atoms with van der Waals surface area (Å²) >= 11 is 2.55. The maximum Gasteiger partial charge on any atom is 0.339 e. The fourth-order valence-electron chi connectivity index (χ4n) is 2.67. The van der Waals surface area contributed by atoms with Gasteiger partial charge in [0.2, 0.25) is 0 Å². The predicted molar refractivity (Wildman–Crippen MR) is 106 cm³/mol. The van der Waals surface area contributed by atoms with E-state index in [1.807, 2.05) is 12.3 Å². The molecule has 9 nitrogen and oxygen atoms in total. The zero-order valence-corrected chi connectivity index (χ0v) is 17.5. The van der Waals surface area contributed by atoms with Gasteiger partial charge in [-0.15, -0.1) is 11.3 Å². The number of amides is 1. The second kappa shape index (κ2) is 9.33. The molecule has 1 aromatic heterocycles. The van der Waals surface area contributed by atoms with Crippen molar-refractivity contribution >= 4 is 40.7 Å². The van der Waals surface area contributed by atoms with Crippen LogP contribution >= 0.6 is 23.1 Å². The number of nitro benzene ring substituents is 1. The molecule has 3 rings (SSSR count). The molecule has 29 heavy (non-hydrogen) atoms. The van der Waals surface area contributed by atoms with Gasteiger partial charge in [-0.2, -0.15) is 0 Å². The summed E-state index contributed by atoms with van der Waals surface area (Å²) in [6, 6.07) is 4.10. The molecule has 1 aliphatic rings. The van der Waals surface area contributed by atoms with Gasteiger partial charge < -0.3 is 14.4 Å². The van der Waals surface area contributed by atoms with Gasteiger partial charge in [0.1, 0.15) is 0 Å². The number of rotatable bonds is 6. The number of carbonyl (C=O) groups excluding carboxylic acids is 2. The Balaban J connectivity index is 1.72. The monoisotopic (exact) mass is 437 g/mol. The zero-order valence-electron chi connectivity index (χ0n) is 15.8. The summed E-state index contributed by atoms with van der Waals surface area (Å²) in [6.07, 6.45) is -0.994. The van der Waals surface area contributed by atoms with Crippen LogP contribution in [0.4, 0.5) is 5.69 Å². The van der Waals surface area contributed by atoms with Gasteiger partial charge in [0, 0.05) is 30.2 Å². The highest BCUT2D eigenvalue weighted by molar-refractivity contribution is 8.01. The SMILES string of the molecule is Cc1csc(Sc2ccc(C(=O)OC(C)C(=O)N3CCOCC3)cc2[N+](=O)[O-])n1. The predicted octanol–water partition coefficient (Wildman–Crippen LogP) is 2.92. The third-order valence-electron chi connectivity index (χ3n) is 4.14. The van der Waals surface area contributed by atoms with Crippen molar-refractivity contribution in [1.29, 1.82) is 0 Å². The van der Waals surface area contributed by atoms with Gasteiger partial charge in [-0.05, 0) is 26.0 Å². The molecule has 1 unspecified atom stereocenters. The lowest BCUT2D eigenvalue weighted by Gasteiger charge is -2.28. The van der Waals surface area contributed by atoms with Gasteiger partial charge >= 0.3 is 5.97 Å². The van der Waals surface area contributed by atoms with Crippen molar-refractivity contribution in [3.63, 3.8) is 0 Å². The molecule has 11 heteroatoms. The number of ether oxygens (including phenoxy) is 2. The topological polar surface area (TPSA) is 112 Å². The van der Waals surface area contributed by atoms with Crippen molar-refractivity contribution in [2.24, 2.45) is 0 Å². The van der Waals surface area contributed by atoms with E-state index >= 15 is 0 Å². The number of esters is 1. The second-order valence-electron chi connectivity index (χ2n) is 6.28. The van der Waals surface area contributed by atoms with Crippen molar-refractivity contribution < 1.29 is 24.0 Å². The normalized spacial score (nSPS) is 15.0. The molecule has 1 fully saturated rings. The summed E-state index contributed by atoms with van der Waals surface area (Å²) in [7, 11) is 0. The number of carbonyl (C=O) groups is 2. The van der Waals surface area contributed by atoms with Crippen molar-refractivity contribution in [3.05, 3.63) is 45.0 Å². The number of thiazole rings is 1. The molecule has 1 aliphatic heterocycles. The summed E-state index contributed by atoms with van der Waals surface area (Å²) in [5, 5.41) is 13.3. The molecule has 1 saturated heterocycles. The maximum atomic E-state index is 12.4. The molecule has 0 radical (unpaired) electrons. The van der Waals surface area contributed by atoms with Crippen molar-refractivity contribution in [2.45, 2.75) is 29.2 Å². The van der Waals surface area contributed by atoms with E-state index in [-0.39, 0.29) is 17.2 Å². The third-order valence-corrected chi connectivity index (χ3v) is 6.26. The highest BCUT2D eigenvalue weighted by atomic mass is 32.2. The van der Waals surface area contributed by atoms with Crippen molar-refractivity contribution in [2.75, 3.05) is 26.3 Å². The Morgan fingerprint density at radius 1 is 1.38 bits per heavy atom. The Morgan fingerprint density at radius 3 is 2.72 bits per heavy atom. The number of nitro groups is 1. The second-order valence-corrected chi connectivity index (χ2v) is 8.43. The third kappa shape index (κ3) is 5.31. The summed E-state index contributed by atoms with van der Waals surface area (Å²) in [6.45, 7) is 5.09. The first-order valence-electron chi connectivity index (χ1n) is 8.81. The largest absolute Gasteiger partial charge is 0.449 e. The molecule has 154 valence electrons. The van der Waals surface area contributed by atoms with Crippen LogP contribution in [0.1, 0.15) is 23.0 Å². The first-order valence-corrected chi connectivity index (χ1v) is 10.5. The van der Waals surface area contributed by atoms with Gasteiger partial charge in [-0.3, -0.25) is 14.9 Å². The average molecular weight is 437 g/mol. The maximum absolute atomic E-state index is 12.4. The number of morpholine rings is 1. The quantitative estimate of drug-likeness (QED) is 0.385. The minimum absolute atomic E-state index is 0.0120. The fourth-order valence-corrected chi connectivity index (χ4v) is 4.55. The standard InChI is InChI=1S/C18H19N3O6S2/c1-11-10-28-18(19-11)29-15-4-3-13(9-14(15)21(24)25)17(23)27-12(2)16(22)20-5-7-26-8-6-20/h3-4,9-10,12H,5-8H2,1-2H3. The molecular formula is C18H19N3O6S2. The van der Waals surface area contributed by atoms with E-state index < -0.39 is 17.0 Å². The Morgan fingerprint density at radius 2 is 2.10 bits per heavy atom. The first kappa shape index (κ1) is 21.2. The molecule has 0 bridgehead atoms. The molecule has 1 aromatic carbocycles.